The van der Waals surface area contributed by atoms with Crippen molar-refractivity contribution in [1.29, 1.82) is 0 Å². The molecule has 0 radical (unpaired) electrons. The van der Waals surface area contributed by atoms with Gasteiger partial charge in [-0.2, -0.15) is 0 Å². The van der Waals surface area contributed by atoms with Crippen LogP contribution in [0.4, 0.5) is 12.9 Å². The Labute approximate surface area is 360 Å². The fourth-order valence-corrected chi connectivity index (χ4v) is 0. The summed E-state index contributed by atoms with van der Waals surface area (Å²) in [6.07, 6.45) is 0. The molecule has 6 nitrogen and oxygen atoms in total. The molecule has 0 saturated carbocycles. The van der Waals surface area contributed by atoms with Crippen molar-refractivity contribution in [3.63, 3.8) is 0 Å². The summed E-state index contributed by atoms with van der Waals surface area (Å²) in [7, 11) is -9.50. The summed E-state index contributed by atoms with van der Waals surface area (Å²) in [4.78, 5) is 0. The van der Waals surface area contributed by atoms with Crippen LogP contribution in [0.3, 0.4) is 0 Å². The van der Waals surface area contributed by atoms with Gasteiger partial charge in [0.2, 0.25) is 0 Å². The molecule has 0 aliphatic heterocycles. The molecule has 0 aromatic carbocycles. The van der Waals surface area contributed by atoms with E-state index in [4.69, 9.17) is 30.1 Å². The third-order valence-corrected chi connectivity index (χ3v) is 0. The maximum Gasteiger partial charge on any atom is 1.00 e. The molecule has 0 N–H and O–H groups in total. The van der Waals surface area contributed by atoms with E-state index >= 15 is 0 Å². The van der Waals surface area contributed by atoms with Gasteiger partial charge in [0.1, 0.15) is 22.2 Å². The second-order valence-electron chi connectivity index (χ2n) is 0.823. The molecule has 0 saturated heterocycles. The minimum absolute atomic E-state index is 0. The number of rotatable bonds is 0. The Morgan fingerprint density at radius 3 is 0.389 bits per heavy atom. The Hall–Kier alpha value is 9.56. The van der Waals surface area contributed by atoms with Crippen LogP contribution in [-0.4, -0.2) is 22.2 Å². The van der Waals surface area contributed by atoms with Crippen LogP contribution in [0.15, 0.2) is 0 Å². The molecular formula is B3F3K6O6. The molecule has 72 valence electrons. The van der Waals surface area contributed by atoms with Crippen molar-refractivity contribution in [2.24, 2.45) is 0 Å². The van der Waals surface area contributed by atoms with Crippen molar-refractivity contribution in [3.05, 3.63) is 0 Å². The van der Waals surface area contributed by atoms with Gasteiger partial charge in [0, 0.05) is 0 Å². The van der Waals surface area contributed by atoms with Gasteiger partial charge in [-0.1, -0.05) is 0 Å². The van der Waals surface area contributed by atoms with Crippen LogP contribution < -0.4 is 338 Å². The zero-order chi connectivity index (χ0) is 10.7. The van der Waals surface area contributed by atoms with E-state index in [9.17, 15) is 12.9 Å². The van der Waals surface area contributed by atoms with Crippen LogP contribution in [0.5, 0.6) is 0 Å². The molecule has 0 aromatic heterocycles. The van der Waals surface area contributed by atoms with Gasteiger partial charge in [-0.15, -0.1) is 0 Å². The van der Waals surface area contributed by atoms with Crippen LogP contribution >= 0.6 is 0 Å². The number of hydrogen-bond donors (Lipinski definition) is 0. The van der Waals surface area contributed by atoms with Gasteiger partial charge >= 0.3 is 308 Å². The van der Waals surface area contributed by atoms with E-state index in [1.165, 1.54) is 0 Å². The second-order valence-corrected chi connectivity index (χ2v) is 0.823. The predicted molar refractivity (Wildman–Crippen MR) is 20.6 cm³/mol. The fraction of sp³-hybridized carbons (Fsp3) is 0. The molecule has 0 rings (SSSR count). The number of halogens is 3. The molecule has 0 fully saturated rings. The zero-order valence-corrected chi connectivity index (χ0v) is 30.1. The van der Waals surface area contributed by atoms with Gasteiger partial charge < -0.3 is 43.1 Å². The van der Waals surface area contributed by atoms with Crippen molar-refractivity contribution in [3.8, 4) is 0 Å². The van der Waals surface area contributed by atoms with Gasteiger partial charge in [0.05, 0.1) is 0 Å². The molecule has 0 bridgehead atoms. The van der Waals surface area contributed by atoms with Crippen LogP contribution in [0, 0.1) is 0 Å². The standard InChI is InChI=1S/3BFO2.6K/c3*2-1(3)4;;;;;;/q3*-2;6*+1. The predicted octanol–water partition coefficient (Wildman–Crippen LogP) is -25.0. The summed E-state index contributed by atoms with van der Waals surface area (Å²) in [5.41, 5.74) is 0. The van der Waals surface area contributed by atoms with Crippen molar-refractivity contribution in [2.45, 2.75) is 0 Å². The number of hydrogen-bond acceptors (Lipinski definition) is 6. The Kier molecular flexibility index (Phi) is 158. The average molecular weight is 420 g/mol. The summed E-state index contributed by atoms with van der Waals surface area (Å²) >= 11 is 0. The Morgan fingerprint density at radius 2 is 0.389 bits per heavy atom. The van der Waals surface area contributed by atoms with Crippen molar-refractivity contribution in [2.75, 3.05) is 0 Å². The zero-order valence-electron chi connectivity index (χ0n) is 11.3. The second kappa shape index (κ2) is 50.4. The first-order valence-corrected chi connectivity index (χ1v) is 2.07. The fourth-order valence-electron chi connectivity index (χ4n) is 0. The molecule has 0 heterocycles. The normalized spacial score (nSPS) is 4.50. The summed E-state index contributed by atoms with van der Waals surface area (Å²) in [5, 5.41) is 49.8. The van der Waals surface area contributed by atoms with Gasteiger partial charge in [-0.25, -0.2) is 0 Å². The maximum atomic E-state index is 9.89. The first-order valence-electron chi connectivity index (χ1n) is 2.07. The smallest absolute Gasteiger partial charge is 0.867 e. The minimum atomic E-state index is -3.17. The van der Waals surface area contributed by atoms with Gasteiger partial charge in [0.15, 0.2) is 0 Å². The minimum Gasteiger partial charge on any atom is -0.867 e. The Balaban J connectivity index is -0.00000000827. The first kappa shape index (κ1) is 56.4. The summed E-state index contributed by atoms with van der Waals surface area (Å²) < 4.78 is 29.7. The molecule has 0 spiro atoms. The van der Waals surface area contributed by atoms with E-state index in [1.54, 1.807) is 0 Å². The Morgan fingerprint density at radius 1 is 0.389 bits per heavy atom. The van der Waals surface area contributed by atoms with Gasteiger partial charge in [-0.3, -0.25) is 0 Å². The molecule has 18 heavy (non-hydrogen) atoms. The Bertz CT molecular complexity index is 63.1. The molecule has 0 aromatic rings. The molecule has 0 amide bonds. The van der Waals surface area contributed by atoms with Crippen molar-refractivity contribution >= 4 is 22.2 Å². The quantitative estimate of drug-likeness (QED) is 0.357. The third-order valence-electron chi connectivity index (χ3n) is 0. The van der Waals surface area contributed by atoms with Crippen molar-refractivity contribution in [1.82, 2.24) is 0 Å². The van der Waals surface area contributed by atoms with Gasteiger partial charge in [-0.05, 0) is 0 Å². The average Bonchev–Trinajstić information content (AvgIpc) is 1.54. The van der Waals surface area contributed by atoms with E-state index in [-0.39, 0.29) is 308 Å². The van der Waals surface area contributed by atoms with Crippen molar-refractivity contribution < 1.29 is 351 Å². The molecular weight excluding hydrogens is 420 g/mol. The summed E-state index contributed by atoms with van der Waals surface area (Å²) in [6.45, 7) is 0. The largest absolute Gasteiger partial charge is 1.00 e. The molecule has 0 unspecified atom stereocenters. The molecule has 0 atom stereocenters. The van der Waals surface area contributed by atoms with E-state index in [0.29, 0.717) is 0 Å². The topological polar surface area (TPSA) is 138 Å². The summed E-state index contributed by atoms with van der Waals surface area (Å²) in [5.74, 6) is 0. The molecule has 0 aliphatic carbocycles. The molecule has 0 aliphatic rings. The van der Waals surface area contributed by atoms with E-state index in [1.807, 2.05) is 0 Å². The first-order chi connectivity index (χ1) is 5.20. The van der Waals surface area contributed by atoms with Gasteiger partial charge in [0.25, 0.3) is 0 Å². The van der Waals surface area contributed by atoms with E-state index < -0.39 is 22.2 Å². The van der Waals surface area contributed by atoms with Crippen LogP contribution in [0.25, 0.3) is 0 Å². The van der Waals surface area contributed by atoms with Crippen LogP contribution in [0.2, 0.25) is 0 Å². The maximum absolute atomic E-state index is 9.89. The SMILES string of the molecule is [K+].[K+].[K+].[K+].[K+].[K+].[O-]B([O-])F.[O-]B([O-])F.[O-]B([O-])F. The monoisotopic (exact) mass is 420 g/mol. The van der Waals surface area contributed by atoms with Crippen LogP contribution in [-0.2, 0) is 0 Å². The van der Waals surface area contributed by atoms with E-state index in [0.717, 1.165) is 0 Å². The van der Waals surface area contributed by atoms with Crippen LogP contribution in [0.1, 0.15) is 0 Å². The third kappa shape index (κ3) is 169. The van der Waals surface area contributed by atoms with E-state index in [2.05, 4.69) is 0 Å². The summed E-state index contributed by atoms with van der Waals surface area (Å²) in [6, 6.07) is 0. The molecule has 18 heteroatoms.